The molecule has 0 saturated carbocycles. The van der Waals surface area contributed by atoms with Crippen LogP contribution in [0.2, 0.25) is 0 Å². The largest absolute Gasteiger partial charge is 0.462 e. The summed E-state index contributed by atoms with van der Waals surface area (Å²) >= 11 is 0. The number of carbonyl (C=O) groups is 1. The number of nitrogens with one attached hydrogen (secondary N) is 1. The average molecular weight is 250 g/mol. The minimum atomic E-state index is -0.331. The van der Waals surface area contributed by atoms with Crippen LogP contribution in [0, 0.1) is 5.41 Å². The maximum atomic E-state index is 11.8. The number of nitrogens with zero attached hydrogens (tertiary/aromatic N) is 1. The van der Waals surface area contributed by atoms with E-state index in [1.807, 2.05) is 0 Å². The van der Waals surface area contributed by atoms with Gasteiger partial charge in [-0.3, -0.25) is 0 Å². The highest BCUT2D eigenvalue weighted by molar-refractivity contribution is 5.94. The van der Waals surface area contributed by atoms with Gasteiger partial charge in [0.15, 0.2) is 0 Å². The van der Waals surface area contributed by atoms with Gasteiger partial charge in [-0.15, -0.1) is 0 Å². The van der Waals surface area contributed by atoms with Crippen molar-refractivity contribution >= 4 is 11.8 Å². The maximum Gasteiger partial charge on any atom is 0.341 e. The van der Waals surface area contributed by atoms with E-state index in [2.05, 4.69) is 31.1 Å². The topological polar surface area (TPSA) is 51.2 Å². The Bertz CT molecular complexity index is 403. The van der Waals surface area contributed by atoms with Crippen LogP contribution in [0.3, 0.4) is 0 Å². The molecule has 1 rings (SSSR count). The monoisotopic (exact) mass is 250 g/mol. The lowest BCUT2D eigenvalue weighted by molar-refractivity contribution is 0.0527. The molecule has 0 unspecified atom stereocenters. The van der Waals surface area contributed by atoms with Gasteiger partial charge in [0.1, 0.15) is 11.4 Å². The molecule has 0 aliphatic heterocycles. The molecule has 18 heavy (non-hydrogen) atoms. The van der Waals surface area contributed by atoms with Crippen molar-refractivity contribution in [3.05, 3.63) is 23.9 Å². The van der Waals surface area contributed by atoms with Crippen molar-refractivity contribution in [2.45, 2.75) is 34.1 Å². The molecule has 0 fully saturated rings. The third-order valence-corrected chi connectivity index (χ3v) is 2.99. The highest BCUT2D eigenvalue weighted by Gasteiger charge is 2.18. The molecule has 0 aromatic carbocycles. The van der Waals surface area contributed by atoms with Crippen molar-refractivity contribution in [2.24, 2.45) is 5.41 Å². The molecule has 1 heterocycles. The van der Waals surface area contributed by atoms with Crippen LogP contribution in [0.5, 0.6) is 0 Å². The molecule has 0 atom stereocenters. The van der Waals surface area contributed by atoms with Crippen LogP contribution in [0.25, 0.3) is 0 Å². The fourth-order valence-electron chi connectivity index (χ4n) is 1.37. The summed E-state index contributed by atoms with van der Waals surface area (Å²) in [5.74, 6) is 0.264. The quantitative estimate of drug-likeness (QED) is 0.788. The minimum Gasteiger partial charge on any atom is -0.462 e. The van der Waals surface area contributed by atoms with Crippen LogP contribution in [-0.2, 0) is 4.74 Å². The van der Waals surface area contributed by atoms with E-state index < -0.39 is 0 Å². The molecule has 0 saturated heterocycles. The third-order valence-electron chi connectivity index (χ3n) is 2.99. The fraction of sp³-hybridized carbons (Fsp3) is 0.571. The summed E-state index contributed by atoms with van der Waals surface area (Å²) in [6, 6.07) is 3.47. The Morgan fingerprint density at radius 2 is 2.17 bits per heavy atom. The number of rotatable bonds is 6. The van der Waals surface area contributed by atoms with Crippen molar-refractivity contribution in [3.8, 4) is 0 Å². The van der Waals surface area contributed by atoms with E-state index in [1.165, 1.54) is 0 Å². The minimum absolute atomic E-state index is 0.170. The van der Waals surface area contributed by atoms with E-state index in [9.17, 15) is 4.79 Å². The summed E-state index contributed by atoms with van der Waals surface area (Å²) in [6.07, 6.45) is 2.73. The van der Waals surface area contributed by atoms with Crippen molar-refractivity contribution in [3.63, 3.8) is 0 Å². The third kappa shape index (κ3) is 4.02. The summed E-state index contributed by atoms with van der Waals surface area (Å²) in [6.45, 7) is 9.43. The van der Waals surface area contributed by atoms with Crippen molar-refractivity contribution in [1.29, 1.82) is 0 Å². The number of hydrogen-bond acceptors (Lipinski definition) is 4. The Labute approximate surface area is 109 Å². The van der Waals surface area contributed by atoms with Gasteiger partial charge < -0.3 is 10.1 Å². The SMILES string of the molecule is CCOC(=O)c1cccnc1NCC(C)(C)CC. The van der Waals surface area contributed by atoms with E-state index in [1.54, 1.807) is 25.3 Å². The Balaban J connectivity index is 2.79. The number of anilines is 1. The first-order chi connectivity index (χ1) is 8.50. The zero-order valence-electron chi connectivity index (χ0n) is 11.6. The second kappa shape index (κ2) is 6.38. The molecule has 0 amide bonds. The number of aromatic nitrogens is 1. The second-order valence-electron chi connectivity index (χ2n) is 4.99. The van der Waals surface area contributed by atoms with E-state index in [0.29, 0.717) is 18.0 Å². The average Bonchev–Trinajstić information content (AvgIpc) is 2.37. The van der Waals surface area contributed by atoms with Crippen molar-refractivity contribution in [1.82, 2.24) is 4.98 Å². The van der Waals surface area contributed by atoms with Gasteiger partial charge in [-0.2, -0.15) is 0 Å². The smallest absolute Gasteiger partial charge is 0.341 e. The lowest BCUT2D eigenvalue weighted by Gasteiger charge is -2.23. The Morgan fingerprint density at radius 1 is 1.44 bits per heavy atom. The first-order valence-electron chi connectivity index (χ1n) is 6.36. The number of hydrogen-bond donors (Lipinski definition) is 1. The van der Waals surface area contributed by atoms with Crippen molar-refractivity contribution < 1.29 is 9.53 Å². The Kier molecular flexibility index (Phi) is 5.13. The van der Waals surface area contributed by atoms with Crippen LogP contribution in [0.4, 0.5) is 5.82 Å². The van der Waals surface area contributed by atoms with Crippen LogP contribution < -0.4 is 5.32 Å². The zero-order valence-corrected chi connectivity index (χ0v) is 11.6. The van der Waals surface area contributed by atoms with Gasteiger partial charge in [-0.25, -0.2) is 9.78 Å². The van der Waals surface area contributed by atoms with E-state index >= 15 is 0 Å². The molecule has 0 aliphatic carbocycles. The molecule has 0 radical (unpaired) electrons. The van der Waals surface area contributed by atoms with Crippen LogP contribution in [0.15, 0.2) is 18.3 Å². The molecular weight excluding hydrogens is 228 g/mol. The predicted molar refractivity (Wildman–Crippen MR) is 72.8 cm³/mol. The standard InChI is InChI=1S/C14H22N2O2/c1-5-14(3,4)10-16-12-11(8-7-9-15-12)13(17)18-6-2/h7-9H,5-6,10H2,1-4H3,(H,15,16). The predicted octanol–water partition coefficient (Wildman–Crippen LogP) is 3.11. The van der Waals surface area contributed by atoms with Gasteiger partial charge >= 0.3 is 5.97 Å². The molecule has 1 aromatic rings. The molecular formula is C14H22N2O2. The summed E-state index contributed by atoms with van der Waals surface area (Å²) in [5, 5.41) is 3.23. The molecule has 0 aliphatic rings. The van der Waals surface area contributed by atoms with Gasteiger partial charge in [-0.1, -0.05) is 20.8 Å². The van der Waals surface area contributed by atoms with Gasteiger partial charge in [0.2, 0.25) is 0 Å². The fourth-order valence-corrected chi connectivity index (χ4v) is 1.37. The van der Waals surface area contributed by atoms with E-state index in [0.717, 1.165) is 13.0 Å². The first kappa shape index (κ1) is 14.5. The van der Waals surface area contributed by atoms with Gasteiger partial charge in [-0.05, 0) is 30.9 Å². The number of pyridine rings is 1. The summed E-state index contributed by atoms with van der Waals surface area (Å²) in [5.41, 5.74) is 0.662. The highest BCUT2D eigenvalue weighted by atomic mass is 16.5. The van der Waals surface area contributed by atoms with Crippen LogP contribution in [0.1, 0.15) is 44.5 Å². The molecule has 4 nitrogen and oxygen atoms in total. The van der Waals surface area contributed by atoms with Crippen LogP contribution >= 0.6 is 0 Å². The van der Waals surface area contributed by atoms with Crippen LogP contribution in [-0.4, -0.2) is 24.1 Å². The normalized spacial score (nSPS) is 11.1. The number of carbonyl (C=O) groups excluding carboxylic acids is 1. The molecule has 1 N–H and O–H groups in total. The first-order valence-corrected chi connectivity index (χ1v) is 6.36. The van der Waals surface area contributed by atoms with Crippen molar-refractivity contribution in [2.75, 3.05) is 18.5 Å². The summed E-state index contributed by atoms with van der Waals surface area (Å²) < 4.78 is 5.01. The Morgan fingerprint density at radius 3 is 2.78 bits per heavy atom. The van der Waals surface area contributed by atoms with Gasteiger partial charge in [0.05, 0.1) is 6.61 Å². The number of esters is 1. The summed E-state index contributed by atoms with van der Waals surface area (Å²) in [7, 11) is 0. The summed E-state index contributed by atoms with van der Waals surface area (Å²) in [4.78, 5) is 16.0. The molecule has 1 aromatic heterocycles. The molecule has 4 heteroatoms. The van der Waals surface area contributed by atoms with E-state index in [-0.39, 0.29) is 11.4 Å². The van der Waals surface area contributed by atoms with E-state index in [4.69, 9.17) is 4.74 Å². The van der Waals surface area contributed by atoms with Gasteiger partial charge in [0.25, 0.3) is 0 Å². The lowest BCUT2D eigenvalue weighted by Crippen LogP contribution is -2.23. The number of ether oxygens (including phenoxy) is 1. The van der Waals surface area contributed by atoms with Gasteiger partial charge in [0, 0.05) is 12.7 Å². The molecule has 0 spiro atoms. The molecule has 100 valence electrons. The maximum absolute atomic E-state index is 11.8. The lowest BCUT2D eigenvalue weighted by atomic mass is 9.90. The highest BCUT2D eigenvalue weighted by Crippen LogP contribution is 2.21. The Hall–Kier alpha value is -1.58. The second-order valence-corrected chi connectivity index (χ2v) is 4.99. The zero-order chi connectivity index (χ0) is 13.6. The molecule has 0 bridgehead atoms.